The molecule has 1 N–H and O–H groups in total. The van der Waals surface area contributed by atoms with Gasteiger partial charge in [-0.3, -0.25) is 4.79 Å². The Morgan fingerprint density at radius 3 is 2.52 bits per heavy atom. The molecule has 0 aromatic carbocycles. The minimum atomic E-state index is -0.666. The monoisotopic (exact) mass is 332 g/mol. The molecule has 0 amide bonds. The third-order valence-electron chi connectivity index (χ3n) is 4.49. The molecular formula is C16H28O7. The van der Waals surface area contributed by atoms with Crippen molar-refractivity contribution in [3.05, 3.63) is 0 Å². The summed E-state index contributed by atoms with van der Waals surface area (Å²) in [5.41, 5.74) is 0. The van der Waals surface area contributed by atoms with Gasteiger partial charge in [0.2, 0.25) is 0 Å². The van der Waals surface area contributed by atoms with Crippen LogP contribution in [0.5, 0.6) is 0 Å². The Kier molecular flexibility index (Phi) is 6.79. The lowest BCUT2D eigenvalue weighted by Gasteiger charge is -2.45. The van der Waals surface area contributed by atoms with Crippen LogP contribution in [0.4, 0.5) is 0 Å². The zero-order chi connectivity index (χ0) is 16.9. The van der Waals surface area contributed by atoms with Gasteiger partial charge >= 0.3 is 5.97 Å². The van der Waals surface area contributed by atoms with E-state index in [2.05, 4.69) is 0 Å². The normalized spacial score (nSPS) is 30.7. The molecule has 0 aromatic rings. The van der Waals surface area contributed by atoms with Crippen LogP contribution in [0.1, 0.15) is 40.0 Å². The average molecular weight is 332 g/mol. The van der Waals surface area contributed by atoms with Crippen LogP contribution < -0.4 is 0 Å². The topological polar surface area (TPSA) is 86.8 Å². The summed E-state index contributed by atoms with van der Waals surface area (Å²) in [4.78, 5) is 10.8. The summed E-state index contributed by atoms with van der Waals surface area (Å²) in [5.74, 6) is -1.09. The molecule has 134 valence electrons. The van der Waals surface area contributed by atoms with E-state index in [4.69, 9.17) is 23.7 Å². The van der Waals surface area contributed by atoms with E-state index in [9.17, 15) is 9.90 Å². The highest BCUT2D eigenvalue weighted by Gasteiger charge is 2.47. The first kappa shape index (κ1) is 18.6. The summed E-state index contributed by atoms with van der Waals surface area (Å²) in [7, 11) is 0. The fourth-order valence-electron chi connectivity index (χ4n) is 2.99. The molecule has 7 heteroatoms. The third-order valence-corrected chi connectivity index (χ3v) is 4.49. The van der Waals surface area contributed by atoms with Crippen LogP contribution in [0, 0.1) is 5.92 Å². The Bertz CT molecular complexity index is 379. The van der Waals surface area contributed by atoms with E-state index in [0.29, 0.717) is 32.5 Å². The summed E-state index contributed by atoms with van der Waals surface area (Å²) < 4.78 is 27.8. The summed E-state index contributed by atoms with van der Waals surface area (Å²) in [5, 5.41) is 9.68. The van der Waals surface area contributed by atoms with Crippen molar-refractivity contribution in [2.24, 2.45) is 5.92 Å². The summed E-state index contributed by atoms with van der Waals surface area (Å²) in [6.45, 7) is 6.31. The van der Waals surface area contributed by atoms with Gasteiger partial charge in [-0.1, -0.05) is 13.8 Å². The average Bonchev–Trinajstić information content (AvgIpc) is 3.37. The van der Waals surface area contributed by atoms with Crippen molar-refractivity contribution < 1.29 is 33.6 Å². The Hall–Kier alpha value is -0.730. The van der Waals surface area contributed by atoms with Gasteiger partial charge in [0.05, 0.1) is 38.1 Å². The highest BCUT2D eigenvalue weighted by molar-refractivity contribution is 5.65. The first-order chi connectivity index (χ1) is 11.0. The van der Waals surface area contributed by atoms with Crippen LogP contribution in [-0.2, 0) is 28.5 Å². The molecule has 2 aliphatic rings. The number of hydrogen-bond acceptors (Lipinski definition) is 7. The highest BCUT2D eigenvalue weighted by Crippen LogP contribution is 2.38. The molecule has 0 radical (unpaired) electrons. The number of rotatable bonds is 9. The van der Waals surface area contributed by atoms with E-state index in [1.165, 1.54) is 6.92 Å². The van der Waals surface area contributed by atoms with Gasteiger partial charge in [0.1, 0.15) is 0 Å². The molecule has 7 nitrogen and oxygen atoms in total. The summed E-state index contributed by atoms with van der Waals surface area (Å²) >= 11 is 0. The van der Waals surface area contributed by atoms with E-state index in [-0.39, 0.29) is 43.6 Å². The molecule has 0 bridgehead atoms. The Morgan fingerprint density at radius 1 is 1.30 bits per heavy atom. The minimum absolute atomic E-state index is 0.0276. The van der Waals surface area contributed by atoms with E-state index < -0.39 is 5.79 Å². The second-order valence-electron chi connectivity index (χ2n) is 6.09. The lowest BCUT2D eigenvalue weighted by Crippen LogP contribution is -2.52. The zero-order valence-corrected chi connectivity index (χ0v) is 14.2. The van der Waals surface area contributed by atoms with Gasteiger partial charge in [-0.15, -0.1) is 0 Å². The molecule has 2 rings (SSSR count). The molecule has 0 spiro atoms. The van der Waals surface area contributed by atoms with Gasteiger partial charge in [-0.25, -0.2) is 0 Å². The first-order valence-corrected chi connectivity index (χ1v) is 8.32. The van der Waals surface area contributed by atoms with Crippen LogP contribution in [0.3, 0.4) is 0 Å². The van der Waals surface area contributed by atoms with Crippen molar-refractivity contribution in [1.82, 2.24) is 0 Å². The largest absolute Gasteiger partial charge is 0.439 e. The quantitative estimate of drug-likeness (QED) is 0.294. The van der Waals surface area contributed by atoms with Crippen molar-refractivity contribution in [3.63, 3.8) is 0 Å². The Morgan fingerprint density at radius 2 is 2.00 bits per heavy atom. The standard InChI is InChI=1S/C16H28O7/c1-4-16(5-2)22-12(8-19-10-21-11(3)18)6-14(23-16)13(7-17)15-9-20-15/h12-15,17H,4-10H2,1-3H3/t12-,13+,14+,15+/m1/s1. The van der Waals surface area contributed by atoms with Gasteiger partial charge in [0.25, 0.3) is 0 Å². The molecule has 0 saturated carbocycles. The first-order valence-electron chi connectivity index (χ1n) is 8.32. The maximum atomic E-state index is 10.8. The second-order valence-corrected chi connectivity index (χ2v) is 6.09. The number of aliphatic hydroxyl groups excluding tert-OH is 1. The number of carbonyl (C=O) groups excluding carboxylic acids is 1. The van der Waals surface area contributed by atoms with Gasteiger partial charge in [-0.2, -0.15) is 0 Å². The van der Waals surface area contributed by atoms with Gasteiger partial charge < -0.3 is 28.8 Å². The third kappa shape index (κ3) is 5.12. The Balaban J connectivity index is 1.95. The van der Waals surface area contributed by atoms with E-state index in [0.717, 1.165) is 0 Å². The Labute approximate surface area is 137 Å². The van der Waals surface area contributed by atoms with E-state index in [1.807, 2.05) is 13.8 Å². The number of esters is 1. The summed E-state index contributed by atoms with van der Waals surface area (Å²) in [6.07, 6.45) is 1.80. The predicted molar refractivity (Wildman–Crippen MR) is 80.6 cm³/mol. The molecule has 0 aromatic heterocycles. The lowest BCUT2D eigenvalue weighted by atomic mass is 9.92. The fraction of sp³-hybridized carbons (Fsp3) is 0.938. The van der Waals surface area contributed by atoms with Crippen LogP contribution in [0.2, 0.25) is 0 Å². The second kappa shape index (κ2) is 8.39. The van der Waals surface area contributed by atoms with Crippen LogP contribution in [-0.4, -0.2) is 61.8 Å². The van der Waals surface area contributed by atoms with Crippen LogP contribution >= 0.6 is 0 Å². The van der Waals surface area contributed by atoms with E-state index >= 15 is 0 Å². The molecule has 2 heterocycles. The van der Waals surface area contributed by atoms with Crippen LogP contribution in [0.15, 0.2) is 0 Å². The van der Waals surface area contributed by atoms with Crippen molar-refractivity contribution in [2.75, 3.05) is 26.6 Å². The molecule has 2 aliphatic heterocycles. The van der Waals surface area contributed by atoms with Crippen LogP contribution in [0.25, 0.3) is 0 Å². The van der Waals surface area contributed by atoms with Gasteiger partial charge in [0, 0.05) is 19.3 Å². The molecule has 0 unspecified atom stereocenters. The summed E-state index contributed by atoms with van der Waals surface area (Å²) in [6, 6.07) is 0. The van der Waals surface area contributed by atoms with Crippen molar-refractivity contribution in [3.8, 4) is 0 Å². The van der Waals surface area contributed by atoms with Crippen molar-refractivity contribution >= 4 is 5.97 Å². The maximum Gasteiger partial charge on any atom is 0.304 e. The molecule has 2 saturated heterocycles. The number of carbonyl (C=O) groups is 1. The SMILES string of the molecule is CCC1(CC)O[C@@H](COCOC(C)=O)C[C@@H]([C@H](CO)[C@@H]2CO2)O1. The molecule has 23 heavy (non-hydrogen) atoms. The fourth-order valence-corrected chi connectivity index (χ4v) is 2.99. The van der Waals surface area contributed by atoms with Gasteiger partial charge in [-0.05, 0) is 12.8 Å². The van der Waals surface area contributed by atoms with Gasteiger partial charge in [0.15, 0.2) is 12.6 Å². The van der Waals surface area contributed by atoms with E-state index in [1.54, 1.807) is 0 Å². The smallest absolute Gasteiger partial charge is 0.304 e. The molecule has 0 aliphatic carbocycles. The zero-order valence-electron chi connectivity index (χ0n) is 14.2. The number of aliphatic hydroxyl groups is 1. The number of ether oxygens (including phenoxy) is 5. The minimum Gasteiger partial charge on any atom is -0.439 e. The lowest BCUT2D eigenvalue weighted by molar-refractivity contribution is -0.336. The number of epoxide rings is 1. The number of hydrogen-bond donors (Lipinski definition) is 1. The highest BCUT2D eigenvalue weighted by atomic mass is 16.7. The molecular weight excluding hydrogens is 304 g/mol. The molecule has 2 fully saturated rings. The maximum absolute atomic E-state index is 10.8. The molecule has 4 atom stereocenters. The van der Waals surface area contributed by atoms with Crippen molar-refractivity contribution in [1.29, 1.82) is 0 Å². The van der Waals surface area contributed by atoms with Crippen molar-refractivity contribution in [2.45, 2.75) is 64.1 Å². The predicted octanol–water partition coefficient (Wildman–Crippen LogP) is 1.22.